The summed E-state index contributed by atoms with van der Waals surface area (Å²) < 4.78 is 5.36. The van der Waals surface area contributed by atoms with E-state index in [1.807, 2.05) is 0 Å². The van der Waals surface area contributed by atoms with E-state index >= 15 is 0 Å². The van der Waals surface area contributed by atoms with Gasteiger partial charge in [-0.2, -0.15) is 0 Å². The summed E-state index contributed by atoms with van der Waals surface area (Å²) in [5.41, 5.74) is 1.40. The standard InChI is InChI=1S/C10H16O/c1-3-5-9-7-8-11-10(9)6-4-2/h7-8H,3-6H2,1-2H3. The lowest BCUT2D eigenvalue weighted by Gasteiger charge is -1.97. The molecule has 1 aromatic heterocycles. The molecule has 11 heavy (non-hydrogen) atoms. The minimum Gasteiger partial charge on any atom is -0.469 e. The molecule has 0 saturated carbocycles. The summed E-state index contributed by atoms with van der Waals surface area (Å²) in [4.78, 5) is 0. The molecule has 0 bridgehead atoms. The molecule has 0 saturated heterocycles. The zero-order valence-corrected chi connectivity index (χ0v) is 7.39. The van der Waals surface area contributed by atoms with Crippen LogP contribution in [0.15, 0.2) is 16.7 Å². The fourth-order valence-electron chi connectivity index (χ4n) is 1.31. The third-order valence-corrected chi connectivity index (χ3v) is 1.83. The average Bonchev–Trinajstić information content (AvgIpc) is 2.39. The summed E-state index contributed by atoms with van der Waals surface area (Å²) in [5, 5.41) is 0. The van der Waals surface area contributed by atoms with Crippen LogP contribution in [0.5, 0.6) is 0 Å². The molecule has 0 fully saturated rings. The van der Waals surface area contributed by atoms with Crippen LogP contribution in [0.4, 0.5) is 0 Å². The first-order chi connectivity index (χ1) is 5.38. The molecule has 0 spiro atoms. The summed E-state index contributed by atoms with van der Waals surface area (Å²) in [6.45, 7) is 4.38. The van der Waals surface area contributed by atoms with Crippen molar-refractivity contribution >= 4 is 0 Å². The third kappa shape index (κ3) is 2.11. The first kappa shape index (κ1) is 8.38. The van der Waals surface area contributed by atoms with Crippen LogP contribution in [-0.4, -0.2) is 0 Å². The summed E-state index contributed by atoms with van der Waals surface area (Å²) >= 11 is 0. The number of hydrogen-bond donors (Lipinski definition) is 0. The van der Waals surface area contributed by atoms with E-state index in [0.29, 0.717) is 0 Å². The van der Waals surface area contributed by atoms with E-state index in [1.54, 1.807) is 6.26 Å². The Morgan fingerprint density at radius 1 is 1.18 bits per heavy atom. The Hall–Kier alpha value is -0.720. The molecule has 0 atom stereocenters. The van der Waals surface area contributed by atoms with E-state index in [-0.39, 0.29) is 0 Å². The van der Waals surface area contributed by atoms with E-state index in [2.05, 4.69) is 19.9 Å². The molecular formula is C10H16O. The molecule has 0 amide bonds. The van der Waals surface area contributed by atoms with Crippen molar-refractivity contribution in [1.29, 1.82) is 0 Å². The monoisotopic (exact) mass is 152 g/mol. The number of rotatable bonds is 4. The number of aryl methyl sites for hydroxylation is 2. The van der Waals surface area contributed by atoms with Crippen LogP contribution < -0.4 is 0 Å². The molecule has 0 unspecified atom stereocenters. The molecule has 1 heterocycles. The van der Waals surface area contributed by atoms with E-state index < -0.39 is 0 Å². The van der Waals surface area contributed by atoms with Crippen molar-refractivity contribution in [3.8, 4) is 0 Å². The van der Waals surface area contributed by atoms with Crippen LogP contribution in [0.1, 0.15) is 38.0 Å². The maximum absolute atomic E-state index is 5.36. The van der Waals surface area contributed by atoms with E-state index in [1.165, 1.54) is 24.2 Å². The fourth-order valence-corrected chi connectivity index (χ4v) is 1.31. The molecule has 0 aliphatic carbocycles. The molecule has 0 radical (unpaired) electrons. The van der Waals surface area contributed by atoms with Gasteiger partial charge in [0.2, 0.25) is 0 Å². The smallest absolute Gasteiger partial charge is 0.106 e. The van der Waals surface area contributed by atoms with Gasteiger partial charge >= 0.3 is 0 Å². The molecule has 1 heteroatoms. The lowest BCUT2D eigenvalue weighted by molar-refractivity contribution is 0.501. The van der Waals surface area contributed by atoms with Crippen molar-refractivity contribution in [2.45, 2.75) is 39.5 Å². The molecule has 62 valence electrons. The lowest BCUT2D eigenvalue weighted by atomic mass is 10.1. The fraction of sp³-hybridized carbons (Fsp3) is 0.600. The molecule has 1 aromatic rings. The van der Waals surface area contributed by atoms with Crippen LogP contribution in [0.3, 0.4) is 0 Å². The normalized spacial score (nSPS) is 10.4. The van der Waals surface area contributed by atoms with Gasteiger partial charge in [0.05, 0.1) is 6.26 Å². The topological polar surface area (TPSA) is 13.1 Å². The second kappa shape index (κ2) is 4.22. The third-order valence-electron chi connectivity index (χ3n) is 1.83. The summed E-state index contributed by atoms with van der Waals surface area (Å²) in [5.74, 6) is 1.19. The van der Waals surface area contributed by atoms with Crippen molar-refractivity contribution < 1.29 is 4.42 Å². The first-order valence-corrected chi connectivity index (χ1v) is 4.43. The van der Waals surface area contributed by atoms with Gasteiger partial charge in [-0.1, -0.05) is 20.3 Å². The van der Waals surface area contributed by atoms with Crippen molar-refractivity contribution in [2.75, 3.05) is 0 Å². The minimum absolute atomic E-state index is 1.09. The summed E-state index contributed by atoms with van der Waals surface area (Å²) in [7, 11) is 0. The SMILES string of the molecule is CCCc1ccoc1CCC. The van der Waals surface area contributed by atoms with E-state index in [9.17, 15) is 0 Å². The Bertz CT molecular complexity index is 180. The van der Waals surface area contributed by atoms with E-state index in [0.717, 1.165) is 12.8 Å². The van der Waals surface area contributed by atoms with Gasteiger partial charge in [0.25, 0.3) is 0 Å². The van der Waals surface area contributed by atoms with Crippen LogP contribution in [0.25, 0.3) is 0 Å². The van der Waals surface area contributed by atoms with Gasteiger partial charge in [-0.3, -0.25) is 0 Å². The maximum atomic E-state index is 5.36. The Morgan fingerprint density at radius 3 is 2.55 bits per heavy atom. The second-order valence-electron chi connectivity index (χ2n) is 2.87. The lowest BCUT2D eigenvalue weighted by Crippen LogP contribution is -1.87. The highest BCUT2D eigenvalue weighted by Crippen LogP contribution is 2.14. The molecule has 0 N–H and O–H groups in total. The van der Waals surface area contributed by atoms with Gasteiger partial charge < -0.3 is 4.42 Å². The highest BCUT2D eigenvalue weighted by atomic mass is 16.3. The quantitative estimate of drug-likeness (QED) is 0.645. The first-order valence-electron chi connectivity index (χ1n) is 4.43. The Morgan fingerprint density at radius 2 is 1.91 bits per heavy atom. The van der Waals surface area contributed by atoms with Crippen molar-refractivity contribution in [1.82, 2.24) is 0 Å². The minimum atomic E-state index is 1.09. The van der Waals surface area contributed by atoms with Gasteiger partial charge in [0.15, 0.2) is 0 Å². The zero-order valence-electron chi connectivity index (χ0n) is 7.39. The van der Waals surface area contributed by atoms with Gasteiger partial charge in [-0.05, 0) is 24.5 Å². The van der Waals surface area contributed by atoms with Gasteiger partial charge in [0.1, 0.15) is 5.76 Å². The maximum Gasteiger partial charge on any atom is 0.106 e. The molecule has 1 nitrogen and oxygen atoms in total. The predicted molar refractivity (Wildman–Crippen MR) is 46.7 cm³/mol. The Kier molecular flexibility index (Phi) is 3.21. The van der Waals surface area contributed by atoms with Crippen molar-refractivity contribution in [3.63, 3.8) is 0 Å². The Balaban J connectivity index is 2.62. The average molecular weight is 152 g/mol. The van der Waals surface area contributed by atoms with Crippen LogP contribution in [-0.2, 0) is 12.8 Å². The van der Waals surface area contributed by atoms with Gasteiger partial charge in [0, 0.05) is 6.42 Å². The highest BCUT2D eigenvalue weighted by Gasteiger charge is 2.02. The van der Waals surface area contributed by atoms with Crippen LogP contribution >= 0.6 is 0 Å². The molecule has 0 aliphatic heterocycles. The molecule has 1 rings (SSSR count). The number of hydrogen-bond acceptors (Lipinski definition) is 1. The molecule has 0 aliphatic rings. The van der Waals surface area contributed by atoms with Crippen molar-refractivity contribution in [2.24, 2.45) is 0 Å². The second-order valence-corrected chi connectivity index (χ2v) is 2.87. The number of furan rings is 1. The largest absolute Gasteiger partial charge is 0.469 e. The molecule has 0 aromatic carbocycles. The predicted octanol–water partition coefficient (Wildman–Crippen LogP) is 3.18. The van der Waals surface area contributed by atoms with Crippen LogP contribution in [0, 0.1) is 0 Å². The van der Waals surface area contributed by atoms with E-state index in [4.69, 9.17) is 4.42 Å². The van der Waals surface area contributed by atoms with Crippen molar-refractivity contribution in [3.05, 3.63) is 23.7 Å². The molecular weight excluding hydrogens is 136 g/mol. The zero-order chi connectivity index (χ0) is 8.10. The van der Waals surface area contributed by atoms with Gasteiger partial charge in [-0.15, -0.1) is 0 Å². The summed E-state index contributed by atoms with van der Waals surface area (Å²) in [6, 6.07) is 2.09. The van der Waals surface area contributed by atoms with Crippen LogP contribution in [0.2, 0.25) is 0 Å². The highest BCUT2D eigenvalue weighted by molar-refractivity contribution is 5.17. The Labute approximate surface area is 68.4 Å². The summed E-state index contributed by atoms with van der Waals surface area (Å²) in [6.07, 6.45) is 6.42. The van der Waals surface area contributed by atoms with Gasteiger partial charge in [-0.25, -0.2) is 0 Å².